The Kier molecular flexibility index (Phi) is 6.32. The minimum atomic E-state index is 0.212. The summed E-state index contributed by atoms with van der Waals surface area (Å²) in [5, 5.41) is 0.425. The maximum Gasteiger partial charge on any atom is 0.226 e. The van der Waals surface area contributed by atoms with Crippen LogP contribution in [-0.4, -0.2) is 15.0 Å². The molecule has 1 aliphatic rings. The molecule has 106 valence electrons. The monoisotopic (exact) mass is 301 g/mol. The first-order valence-corrected chi connectivity index (χ1v) is 8.08. The summed E-state index contributed by atoms with van der Waals surface area (Å²) in [5.41, 5.74) is 0. The standard InChI is InChI=1S/C14H21Cl2N3/c15-13-17-12(18-14(16)19-13)11-9-7-5-3-1-2-4-6-8-10-11/h11H,1-10H2. The zero-order valence-electron chi connectivity index (χ0n) is 11.2. The van der Waals surface area contributed by atoms with Crippen molar-refractivity contribution < 1.29 is 0 Å². The quantitative estimate of drug-likeness (QED) is 0.717. The van der Waals surface area contributed by atoms with Gasteiger partial charge >= 0.3 is 0 Å². The van der Waals surface area contributed by atoms with Gasteiger partial charge in [-0.3, -0.25) is 0 Å². The first-order valence-electron chi connectivity index (χ1n) is 7.32. The molecule has 3 nitrogen and oxygen atoms in total. The molecule has 1 aromatic heterocycles. The number of aromatic nitrogens is 3. The van der Waals surface area contributed by atoms with Crippen LogP contribution in [0.5, 0.6) is 0 Å². The van der Waals surface area contributed by atoms with Gasteiger partial charge in [-0.25, -0.2) is 9.97 Å². The summed E-state index contributed by atoms with van der Waals surface area (Å²) in [6.45, 7) is 0. The lowest BCUT2D eigenvalue weighted by atomic mass is 9.95. The second-order valence-corrected chi connectivity index (χ2v) is 6.01. The largest absolute Gasteiger partial charge is 0.226 e. The van der Waals surface area contributed by atoms with E-state index in [9.17, 15) is 0 Å². The van der Waals surface area contributed by atoms with Gasteiger partial charge in [0.1, 0.15) is 5.82 Å². The summed E-state index contributed by atoms with van der Waals surface area (Å²) in [6.07, 6.45) is 12.8. The van der Waals surface area contributed by atoms with E-state index in [1.165, 1.54) is 51.4 Å². The molecule has 0 amide bonds. The highest BCUT2D eigenvalue weighted by molar-refractivity contribution is 6.31. The average molecular weight is 302 g/mol. The van der Waals surface area contributed by atoms with E-state index in [1.54, 1.807) is 0 Å². The van der Waals surface area contributed by atoms with Crippen LogP contribution in [0.25, 0.3) is 0 Å². The smallest absolute Gasteiger partial charge is 0.202 e. The summed E-state index contributed by atoms with van der Waals surface area (Å²) < 4.78 is 0. The number of halogens is 2. The second-order valence-electron chi connectivity index (χ2n) is 5.33. The van der Waals surface area contributed by atoms with Crippen molar-refractivity contribution in [1.29, 1.82) is 0 Å². The van der Waals surface area contributed by atoms with E-state index in [0.717, 1.165) is 18.7 Å². The van der Waals surface area contributed by atoms with Crippen molar-refractivity contribution in [2.45, 2.75) is 70.1 Å². The summed E-state index contributed by atoms with van der Waals surface area (Å²) in [4.78, 5) is 12.4. The highest BCUT2D eigenvalue weighted by Gasteiger charge is 2.16. The zero-order valence-corrected chi connectivity index (χ0v) is 12.8. The van der Waals surface area contributed by atoms with Crippen molar-refractivity contribution in [3.05, 3.63) is 16.4 Å². The van der Waals surface area contributed by atoms with Crippen LogP contribution in [0.3, 0.4) is 0 Å². The van der Waals surface area contributed by atoms with Gasteiger partial charge in [-0.15, -0.1) is 0 Å². The molecule has 1 fully saturated rings. The van der Waals surface area contributed by atoms with Gasteiger partial charge in [0.15, 0.2) is 0 Å². The van der Waals surface area contributed by atoms with Gasteiger partial charge in [-0.05, 0) is 36.0 Å². The Hall–Kier alpha value is -0.410. The van der Waals surface area contributed by atoms with Gasteiger partial charge in [0.25, 0.3) is 0 Å². The number of rotatable bonds is 1. The van der Waals surface area contributed by atoms with Crippen molar-refractivity contribution in [3.8, 4) is 0 Å². The van der Waals surface area contributed by atoms with E-state index in [0.29, 0.717) is 5.92 Å². The highest BCUT2D eigenvalue weighted by atomic mass is 35.5. The average Bonchev–Trinajstić information content (AvgIpc) is 2.42. The van der Waals surface area contributed by atoms with E-state index in [2.05, 4.69) is 15.0 Å². The van der Waals surface area contributed by atoms with E-state index < -0.39 is 0 Å². The molecule has 5 heteroatoms. The third-order valence-corrected chi connectivity index (χ3v) is 4.16. The van der Waals surface area contributed by atoms with Crippen molar-refractivity contribution in [2.75, 3.05) is 0 Å². The molecule has 0 N–H and O–H groups in total. The molecule has 0 bridgehead atoms. The number of nitrogens with zero attached hydrogens (tertiary/aromatic N) is 3. The fraction of sp³-hybridized carbons (Fsp3) is 0.786. The van der Waals surface area contributed by atoms with Crippen LogP contribution in [0.1, 0.15) is 76.0 Å². The van der Waals surface area contributed by atoms with Crippen LogP contribution >= 0.6 is 23.2 Å². The van der Waals surface area contributed by atoms with Crippen LogP contribution in [0.4, 0.5) is 0 Å². The predicted molar refractivity (Wildman–Crippen MR) is 78.8 cm³/mol. The highest BCUT2D eigenvalue weighted by Crippen LogP contribution is 2.28. The lowest BCUT2D eigenvalue weighted by Gasteiger charge is -2.15. The van der Waals surface area contributed by atoms with Crippen molar-refractivity contribution in [3.63, 3.8) is 0 Å². The first kappa shape index (κ1) is 15.0. The molecule has 2 rings (SSSR count). The van der Waals surface area contributed by atoms with Crippen molar-refractivity contribution >= 4 is 23.2 Å². The second kappa shape index (κ2) is 8.01. The molecule has 0 aromatic carbocycles. The van der Waals surface area contributed by atoms with Gasteiger partial charge in [0.05, 0.1) is 0 Å². The molecular weight excluding hydrogens is 281 g/mol. The van der Waals surface area contributed by atoms with Crippen molar-refractivity contribution in [1.82, 2.24) is 15.0 Å². The molecule has 0 atom stereocenters. The van der Waals surface area contributed by atoms with E-state index in [1.807, 2.05) is 0 Å². The molecule has 1 heterocycles. The lowest BCUT2D eigenvalue weighted by Crippen LogP contribution is -2.07. The molecule has 0 spiro atoms. The molecule has 1 saturated carbocycles. The molecule has 0 saturated heterocycles. The third-order valence-electron chi connectivity index (χ3n) is 3.82. The third kappa shape index (κ3) is 5.23. The topological polar surface area (TPSA) is 38.7 Å². The van der Waals surface area contributed by atoms with Gasteiger partial charge in [-0.2, -0.15) is 4.98 Å². The van der Waals surface area contributed by atoms with Gasteiger partial charge in [0.2, 0.25) is 10.6 Å². The molecular formula is C14H21Cl2N3. The maximum absolute atomic E-state index is 5.88. The Morgan fingerprint density at radius 3 is 1.53 bits per heavy atom. The summed E-state index contributed by atoms with van der Waals surface area (Å²) in [5.74, 6) is 1.17. The van der Waals surface area contributed by atoms with Crippen molar-refractivity contribution in [2.24, 2.45) is 0 Å². The Labute approximate surface area is 125 Å². The first-order chi connectivity index (χ1) is 9.25. The van der Waals surface area contributed by atoms with Gasteiger partial charge < -0.3 is 0 Å². The molecule has 1 aromatic rings. The van der Waals surface area contributed by atoms with Gasteiger partial charge in [0, 0.05) is 5.92 Å². The normalized spacial score (nSPS) is 19.9. The lowest BCUT2D eigenvalue weighted by molar-refractivity contribution is 0.492. The van der Waals surface area contributed by atoms with E-state index >= 15 is 0 Å². The zero-order chi connectivity index (χ0) is 13.5. The maximum atomic E-state index is 5.88. The Morgan fingerprint density at radius 1 is 0.632 bits per heavy atom. The number of hydrogen-bond acceptors (Lipinski definition) is 3. The van der Waals surface area contributed by atoms with Crippen LogP contribution in [0, 0.1) is 0 Å². The minimum Gasteiger partial charge on any atom is -0.202 e. The van der Waals surface area contributed by atoms with E-state index in [4.69, 9.17) is 23.2 Å². The number of hydrogen-bond donors (Lipinski definition) is 0. The SMILES string of the molecule is Clc1nc(Cl)nc(C2CCCCCCCCCC2)n1. The Bertz CT molecular complexity index is 366. The van der Waals surface area contributed by atoms with Crippen LogP contribution in [0.2, 0.25) is 10.6 Å². The molecule has 19 heavy (non-hydrogen) atoms. The molecule has 0 aliphatic heterocycles. The molecule has 0 unspecified atom stereocenters. The van der Waals surface area contributed by atoms with Crippen LogP contribution in [-0.2, 0) is 0 Å². The Balaban J connectivity index is 2.04. The molecule has 1 aliphatic carbocycles. The van der Waals surface area contributed by atoms with Crippen LogP contribution in [0.15, 0.2) is 0 Å². The van der Waals surface area contributed by atoms with Crippen LogP contribution < -0.4 is 0 Å². The Morgan fingerprint density at radius 2 is 1.05 bits per heavy atom. The predicted octanol–water partition coefficient (Wildman–Crippen LogP) is 5.18. The minimum absolute atomic E-state index is 0.212. The fourth-order valence-corrected chi connectivity index (χ4v) is 3.14. The fourth-order valence-electron chi connectivity index (χ4n) is 2.77. The van der Waals surface area contributed by atoms with E-state index in [-0.39, 0.29) is 10.6 Å². The molecule has 0 radical (unpaired) electrons. The summed E-state index contributed by atoms with van der Waals surface area (Å²) >= 11 is 11.8. The summed E-state index contributed by atoms with van der Waals surface area (Å²) in [7, 11) is 0. The summed E-state index contributed by atoms with van der Waals surface area (Å²) in [6, 6.07) is 0. The van der Waals surface area contributed by atoms with Gasteiger partial charge in [-0.1, -0.05) is 51.4 Å².